The molecule has 2 rings (SSSR count). The van der Waals surface area contributed by atoms with Crippen molar-refractivity contribution in [3.05, 3.63) is 68.2 Å². The summed E-state index contributed by atoms with van der Waals surface area (Å²) in [6.07, 6.45) is 0. The lowest BCUT2D eigenvalue weighted by atomic mass is 10.1. The summed E-state index contributed by atoms with van der Waals surface area (Å²) in [5.41, 5.74) is 0.354. The number of halogens is 3. The summed E-state index contributed by atoms with van der Waals surface area (Å²) in [6.45, 7) is 10.8. The Kier molecular flexibility index (Phi) is 9.17. The lowest BCUT2D eigenvalue weighted by Crippen LogP contribution is -2.44. The summed E-state index contributed by atoms with van der Waals surface area (Å²) in [5.74, 6) is 0. The van der Waals surface area contributed by atoms with Crippen LogP contribution in [0.1, 0.15) is 32.4 Å². The highest BCUT2D eigenvalue weighted by Crippen LogP contribution is 2.38. The number of nitro benzene ring substituents is 1. The quantitative estimate of drug-likeness (QED) is 0.150. The molecule has 0 saturated heterocycles. The highest BCUT2D eigenvalue weighted by molar-refractivity contribution is 9.09. The molecule has 0 heterocycles. The van der Waals surface area contributed by atoms with Crippen LogP contribution in [-0.4, -0.2) is 33.1 Å². The van der Waals surface area contributed by atoms with Crippen molar-refractivity contribution in [2.45, 2.75) is 54.7 Å². The normalized spacial score (nSPS) is 14.7. The molecule has 33 heavy (non-hydrogen) atoms. The zero-order valence-corrected chi connectivity index (χ0v) is 23.8. The summed E-state index contributed by atoms with van der Waals surface area (Å²) in [4.78, 5) is 9.76. The second-order valence-corrected chi connectivity index (χ2v) is 17.7. The molecular weight excluding hydrogens is 571 g/mol. The van der Waals surface area contributed by atoms with E-state index >= 15 is 0 Å². The van der Waals surface area contributed by atoms with Gasteiger partial charge in [-0.15, -0.1) is 0 Å². The average molecular weight is 598 g/mol. The standard InChI is InChI=1S/C21H27BrCl2N2O5SSi/c1-21(2,3)33(4,5)31-13-19(22)20(14-10-15(23)12-16(24)11-14)25-32(29,30)18-8-6-17(7-9-18)26(27)28/h6-12,19-20,25H,13H2,1-5H3/t19-,20+/m0/s1. The van der Waals surface area contributed by atoms with E-state index in [-0.39, 0.29) is 22.2 Å². The SMILES string of the molecule is CC(C)(C)[Si](C)(C)OC[C@H](Br)[C@H](NS(=O)(=O)c1ccc([N+](=O)[O-])cc1)c1cc(Cl)cc(Cl)c1. The topological polar surface area (TPSA) is 98.5 Å². The molecular formula is C21H27BrCl2N2O5SSi. The molecule has 7 nitrogen and oxygen atoms in total. The van der Waals surface area contributed by atoms with Crippen LogP contribution in [-0.2, 0) is 14.4 Å². The Morgan fingerprint density at radius 3 is 2.09 bits per heavy atom. The third-order valence-electron chi connectivity index (χ3n) is 5.66. The largest absolute Gasteiger partial charge is 0.416 e. The van der Waals surface area contributed by atoms with Crippen molar-refractivity contribution >= 4 is 63.2 Å². The van der Waals surface area contributed by atoms with Gasteiger partial charge in [-0.25, -0.2) is 13.1 Å². The molecule has 1 N–H and O–H groups in total. The first-order valence-electron chi connectivity index (χ1n) is 10.0. The van der Waals surface area contributed by atoms with Crippen molar-refractivity contribution in [2.75, 3.05) is 6.61 Å². The molecule has 0 aromatic heterocycles. The number of hydrogen-bond acceptors (Lipinski definition) is 5. The van der Waals surface area contributed by atoms with E-state index in [0.29, 0.717) is 15.6 Å². The second kappa shape index (κ2) is 10.7. The molecule has 0 radical (unpaired) electrons. The molecule has 2 atom stereocenters. The van der Waals surface area contributed by atoms with Gasteiger partial charge in [0, 0.05) is 28.8 Å². The number of alkyl halides is 1. The fraction of sp³-hybridized carbons (Fsp3) is 0.429. The van der Waals surface area contributed by atoms with Gasteiger partial charge in [0.05, 0.1) is 20.7 Å². The van der Waals surface area contributed by atoms with E-state index in [4.69, 9.17) is 27.6 Å². The lowest BCUT2D eigenvalue weighted by molar-refractivity contribution is -0.384. The van der Waals surface area contributed by atoms with Crippen LogP contribution in [0.3, 0.4) is 0 Å². The number of benzene rings is 2. The van der Waals surface area contributed by atoms with Crippen LogP contribution >= 0.6 is 39.1 Å². The van der Waals surface area contributed by atoms with Crippen LogP contribution < -0.4 is 4.72 Å². The third kappa shape index (κ3) is 7.48. The third-order valence-corrected chi connectivity index (χ3v) is 12.8. The van der Waals surface area contributed by atoms with Crippen LogP contribution in [0.5, 0.6) is 0 Å². The van der Waals surface area contributed by atoms with Crippen LogP contribution in [0.15, 0.2) is 47.4 Å². The Labute approximate surface area is 214 Å². The number of non-ortho nitro benzene ring substituents is 1. The Balaban J connectivity index is 2.39. The average Bonchev–Trinajstić information content (AvgIpc) is 2.68. The van der Waals surface area contributed by atoms with Gasteiger partial charge < -0.3 is 4.43 Å². The minimum Gasteiger partial charge on any atom is -0.416 e. The van der Waals surface area contributed by atoms with Crippen molar-refractivity contribution < 1.29 is 17.8 Å². The Hall–Kier alpha value is -1.01. The van der Waals surface area contributed by atoms with Crippen molar-refractivity contribution in [3.8, 4) is 0 Å². The monoisotopic (exact) mass is 596 g/mol. The van der Waals surface area contributed by atoms with Gasteiger partial charge in [0.2, 0.25) is 10.0 Å². The molecule has 2 aromatic rings. The summed E-state index contributed by atoms with van der Waals surface area (Å²) in [5, 5.41) is 11.6. The second-order valence-electron chi connectivity index (χ2n) is 9.14. The van der Waals surface area contributed by atoms with Gasteiger partial charge in [0.1, 0.15) is 0 Å². The van der Waals surface area contributed by atoms with Gasteiger partial charge in [-0.2, -0.15) is 0 Å². The summed E-state index contributed by atoms with van der Waals surface area (Å²) in [6, 6.07) is 8.73. The molecule has 0 amide bonds. The van der Waals surface area contributed by atoms with E-state index in [1.165, 1.54) is 12.1 Å². The van der Waals surface area contributed by atoms with Crippen LogP contribution in [0.25, 0.3) is 0 Å². The predicted octanol–water partition coefficient (Wildman–Crippen LogP) is 6.71. The molecule has 0 unspecified atom stereocenters. The first kappa shape index (κ1) is 28.2. The van der Waals surface area contributed by atoms with Crippen molar-refractivity contribution in [1.82, 2.24) is 4.72 Å². The predicted molar refractivity (Wildman–Crippen MR) is 138 cm³/mol. The van der Waals surface area contributed by atoms with E-state index in [1.54, 1.807) is 18.2 Å². The van der Waals surface area contributed by atoms with E-state index in [0.717, 1.165) is 12.1 Å². The summed E-state index contributed by atoms with van der Waals surface area (Å²) in [7, 11) is -6.14. The molecule has 0 bridgehead atoms. The van der Waals surface area contributed by atoms with E-state index in [9.17, 15) is 18.5 Å². The number of sulfonamides is 1. The minimum atomic E-state index is -4.04. The zero-order valence-electron chi connectivity index (χ0n) is 18.9. The fourth-order valence-corrected chi connectivity index (χ4v) is 6.51. The smallest absolute Gasteiger partial charge is 0.269 e. The summed E-state index contributed by atoms with van der Waals surface area (Å²) >= 11 is 16.0. The molecule has 0 aliphatic rings. The molecule has 0 saturated carbocycles. The van der Waals surface area contributed by atoms with Crippen LogP contribution in [0.2, 0.25) is 28.2 Å². The molecule has 0 spiro atoms. The number of nitrogens with zero attached hydrogens (tertiary/aromatic N) is 1. The molecule has 182 valence electrons. The van der Waals surface area contributed by atoms with Crippen LogP contribution in [0.4, 0.5) is 5.69 Å². The van der Waals surface area contributed by atoms with Gasteiger partial charge in [0.25, 0.3) is 5.69 Å². The number of rotatable bonds is 9. The molecule has 0 fully saturated rings. The number of nitro groups is 1. The molecule has 0 aliphatic heterocycles. The molecule has 2 aromatic carbocycles. The lowest BCUT2D eigenvalue weighted by Gasteiger charge is -2.37. The van der Waals surface area contributed by atoms with Gasteiger partial charge in [-0.1, -0.05) is 59.9 Å². The van der Waals surface area contributed by atoms with Gasteiger partial charge in [-0.3, -0.25) is 10.1 Å². The first-order chi connectivity index (χ1) is 15.0. The van der Waals surface area contributed by atoms with Crippen LogP contribution in [0, 0.1) is 10.1 Å². The van der Waals surface area contributed by atoms with Crippen molar-refractivity contribution in [2.24, 2.45) is 0 Å². The van der Waals surface area contributed by atoms with Crippen molar-refractivity contribution in [3.63, 3.8) is 0 Å². The van der Waals surface area contributed by atoms with E-state index < -0.39 is 34.1 Å². The summed E-state index contributed by atoms with van der Waals surface area (Å²) < 4.78 is 35.2. The molecule has 12 heteroatoms. The van der Waals surface area contributed by atoms with Crippen molar-refractivity contribution in [1.29, 1.82) is 0 Å². The Morgan fingerprint density at radius 2 is 1.64 bits per heavy atom. The highest BCUT2D eigenvalue weighted by atomic mass is 79.9. The van der Waals surface area contributed by atoms with E-state index in [1.807, 2.05) is 0 Å². The maximum Gasteiger partial charge on any atom is 0.269 e. The maximum atomic E-state index is 13.1. The molecule has 0 aliphatic carbocycles. The number of nitrogens with one attached hydrogen (secondary N) is 1. The Morgan fingerprint density at radius 1 is 1.12 bits per heavy atom. The van der Waals surface area contributed by atoms with Gasteiger partial charge in [0.15, 0.2) is 8.32 Å². The zero-order chi connectivity index (χ0) is 25.2. The Bertz CT molecular complexity index is 1090. The van der Waals surface area contributed by atoms with Gasteiger partial charge in [-0.05, 0) is 54.0 Å². The van der Waals surface area contributed by atoms with E-state index in [2.05, 4.69) is 54.5 Å². The highest BCUT2D eigenvalue weighted by Gasteiger charge is 2.38. The first-order valence-corrected chi connectivity index (χ1v) is 16.1. The number of hydrogen-bond donors (Lipinski definition) is 1. The maximum absolute atomic E-state index is 13.1. The fourth-order valence-electron chi connectivity index (χ4n) is 2.69. The minimum absolute atomic E-state index is 0.0210. The van der Waals surface area contributed by atoms with Gasteiger partial charge >= 0.3 is 0 Å².